The Morgan fingerprint density at radius 2 is 0.962 bits per heavy atom. The Morgan fingerprint density at radius 1 is 0.377 bits per heavy atom. The van der Waals surface area contributed by atoms with Gasteiger partial charge in [-0.25, -0.2) is 0 Å². The van der Waals surface area contributed by atoms with E-state index in [1.165, 1.54) is 66.3 Å². The van der Waals surface area contributed by atoms with E-state index in [1.54, 1.807) is 0 Å². The van der Waals surface area contributed by atoms with Crippen molar-refractivity contribution in [2.24, 2.45) is 0 Å². The summed E-state index contributed by atoms with van der Waals surface area (Å²) < 4.78 is 2.42. The van der Waals surface area contributed by atoms with Gasteiger partial charge in [-0.1, -0.05) is 147 Å². The SMILES string of the molecule is CC1(C)c2ccccc2-c2ccc(N(c3ccccc3)c3ccc4c5ccccc5n(-c5ccc(-c6cccc(-c7ccccc7)c6)cc5)c4c3)cc21. The van der Waals surface area contributed by atoms with Crippen LogP contribution in [0.25, 0.3) is 60.9 Å². The molecule has 0 saturated heterocycles. The summed E-state index contributed by atoms with van der Waals surface area (Å²) in [6, 6.07) is 70.8. The van der Waals surface area contributed by atoms with Crippen LogP contribution in [0.5, 0.6) is 0 Å². The van der Waals surface area contributed by atoms with Crippen molar-refractivity contribution >= 4 is 38.9 Å². The van der Waals surface area contributed by atoms with E-state index in [2.05, 4.69) is 217 Å². The Labute approximate surface area is 310 Å². The van der Waals surface area contributed by atoms with Gasteiger partial charge >= 0.3 is 0 Å². The molecule has 1 aliphatic carbocycles. The second kappa shape index (κ2) is 12.3. The summed E-state index contributed by atoms with van der Waals surface area (Å²) >= 11 is 0. The van der Waals surface area contributed by atoms with Crippen molar-refractivity contribution in [3.8, 4) is 39.1 Å². The summed E-state index contributed by atoms with van der Waals surface area (Å²) in [6.45, 7) is 4.70. The van der Waals surface area contributed by atoms with Gasteiger partial charge in [0.15, 0.2) is 0 Å². The molecule has 2 heteroatoms. The fourth-order valence-corrected chi connectivity index (χ4v) is 8.54. The molecule has 0 saturated carbocycles. The second-order valence-corrected chi connectivity index (χ2v) is 14.6. The Balaban J connectivity index is 1.11. The van der Waals surface area contributed by atoms with Crippen LogP contribution >= 0.6 is 0 Å². The maximum absolute atomic E-state index is 2.42. The zero-order valence-electron chi connectivity index (χ0n) is 29.9. The van der Waals surface area contributed by atoms with E-state index >= 15 is 0 Å². The number of benzene rings is 8. The second-order valence-electron chi connectivity index (χ2n) is 14.6. The lowest BCUT2D eigenvalue weighted by atomic mass is 9.82. The molecule has 10 rings (SSSR count). The zero-order chi connectivity index (χ0) is 35.5. The van der Waals surface area contributed by atoms with Gasteiger partial charge in [0, 0.05) is 38.9 Å². The van der Waals surface area contributed by atoms with Crippen molar-refractivity contribution in [1.29, 1.82) is 0 Å². The summed E-state index contributed by atoms with van der Waals surface area (Å²) in [5.74, 6) is 0. The number of aromatic nitrogens is 1. The third-order valence-corrected chi connectivity index (χ3v) is 11.2. The normalized spacial score (nSPS) is 12.9. The lowest BCUT2D eigenvalue weighted by molar-refractivity contribution is 0.660. The molecule has 0 radical (unpaired) electrons. The minimum Gasteiger partial charge on any atom is -0.310 e. The van der Waals surface area contributed by atoms with Crippen molar-refractivity contribution in [3.63, 3.8) is 0 Å². The quantitative estimate of drug-likeness (QED) is 0.170. The molecule has 1 aliphatic rings. The molecule has 0 spiro atoms. The Morgan fingerprint density at radius 3 is 1.75 bits per heavy atom. The molecule has 0 N–H and O–H groups in total. The highest BCUT2D eigenvalue weighted by Crippen LogP contribution is 2.51. The topological polar surface area (TPSA) is 8.17 Å². The third kappa shape index (κ3) is 5.10. The van der Waals surface area contributed by atoms with Crippen molar-refractivity contribution < 1.29 is 0 Å². The average Bonchev–Trinajstić information content (AvgIpc) is 3.67. The van der Waals surface area contributed by atoms with E-state index in [9.17, 15) is 0 Å². The number of hydrogen-bond acceptors (Lipinski definition) is 1. The maximum atomic E-state index is 2.42. The highest BCUT2D eigenvalue weighted by molar-refractivity contribution is 6.10. The summed E-state index contributed by atoms with van der Waals surface area (Å²) in [5.41, 5.74) is 17.1. The molecular weight excluding hydrogens is 641 g/mol. The third-order valence-electron chi connectivity index (χ3n) is 11.2. The molecule has 0 fully saturated rings. The van der Waals surface area contributed by atoms with E-state index in [1.807, 2.05) is 0 Å². The van der Waals surface area contributed by atoms with Gasteiger partial charge in [-0.05, 0) is 105 Å². The molecule has 1 heterocycles. The van der Waals surface area contributed by atoms with Crippen molar-refractivity contribution in [2.45, 2.75) is 19.3 Å². The van der Waals surface area contributed by atoms with Gasteiger partial charge in [0.1, 0.15) is 0 Å². The Bertz CT molecular complexity index is 2790. The monoisotopic (exact) mass is 678 g/mol. The standard InChI is InChI=1S/C51H38N2/c1-51(2)47-22-11-9-20-43(47)44-30-28-41(33-48(44)51)52(39-18-7-4-8-19-39)42-29-31-46-45-21-10-12-23-49(45)53(50(46)34-42)40-26-24-36(25-27-40)38-17-13-16-37(32-38)35-14-5-3-6-15-35/h3-34H,1-2H3. The summed E-state index contributed by atoms with van der Waals surface area (Å²) in [7, 11) is 0. The molecule has 0 atom stereocenters. The maximum Gasteiger partial charge on any atom is 0.0561 e. The van der Waals surface area contributed by atoms with Gasteiger partial charge in [-0.15, -0.1) is 0 Å². The molecule has 1 aromatic heterocycles. The van der Waals surface area contributed by atoms with E-state index in [-0.39, 0.29) is 5.41 Å². The first-order valence-electron chi connectivity index (χ1n) is 18.4. The zero-order valence-corrected chi connectivity index (χ0v) is 29.9. The van der Waals surface area contributed by atoms with E-state index in [0.717, 1.165) is 22.7 Å². The van der Waals surface area contributed by atoms with Gasteiger partial charge in [-0.3, -0.25) is 0 Å². The highest BCUT2D eigenvalue weighted by Gasteiger charge is 2.35. The smallest absolute Gasteiger partial charge is 0.0561 e. The summed E-state index contributed by atoms with van der Waals surface area (Å²) in [4.78, 5) is 2.41. The number of rotatable bonds is 6. The van der Waals surface area contributed by atoms with E-state index < -0.39 is 0 Å². The van der Waals surface area contributed by atoms with Crippen LogP contribution in [0.3, 0.4) is 0 Å². The predicted octanol–water partition coefficient (Wildman–Crippen LogP) is 13.9. The predicted molar refractivity (Wildman–Crippen MR) is 224 cm³/mol. The average molecular weight is 679 g/mol. The van der Waals surface area contributed by atoms with Gasteiger partial charge < -0.3 is 9.47 Å². The fraction of sp³-hybridized carbons (Fsp3) is 0.0588. The number of para-hydroxylation sites is 2. The van der Waals surface area contributed by atoms with Crippen LogP contribution in [0.15, 0.2) is 194 Å². The molecule has 53 heavy (non-hydrogen) atoms. The van der Waals surface area contributed by atoms with Crippen LogP contribution in [0.4, 0.5) is 17.1 Å². The molecule has 0 bridgehead atoms. The van der Waals surface area contributed by atoms with Crippen LogP contribution in [0, 0.1) is 0 Å². The number of hydrogen-bond donors (Lipinski definition) is 0. The molecule has 9 aromatic rings. The van der Waals surface area contributed by atoms with Crippen molar-refractivity contribution in [3.05, 3.63) is 205 Å². The molecule has 0 aliphatic heterocycles. The molecular formula is C51H38N2. The first-order chi connectivity index (χ1) is 26.0. The number of nitrogens with zero attached hydrogens (tertiary/aromatic N) is 2. The van der Waals surface area contributed by atoms with E-state index in [0.29, 0.717) is 0 Å². The molecule has 2 nitrogen and oxygen atoms in total. The van der Waals surface area contributed by atoms with E-state index in [4.69, 9.17) is 0 Å². The van der Waals surface area contributed by atoms with Gasteiger partial charge in [-0.2, -0.15) is 0 Å². The van der Waals surface area contributed by atoms with Crippen LogP contribution in [0.1, 0.15) is 25.0 Å². The minimum atomic E-state index is -0.0876. The summed E-state index contributed by atoms with van der Waals surface area (Å²) in [6.07, 6.45) is 0. The van der Waals surface area contributed by atoms with Crippen LogP contribution < -0.4 is 4.90 Å². The highest BCUT2D eigenvalue weighted by atomic mass is 15.1. The molecule has 0 unspecified atom stereocenters. The number of anilines is 3. The minimum absolute atomic E-state index is 0.0876. The van der Waals surface area contributed by atoms with Crippen LogP contribution in [0.2, 0.25) is 0 Å². The van der Waals surface area contributed by atoms with Gasteiger partial charge in [0.05, 0.1) is 11.0 Å². The fourth-order valence-electron chi connectivity index (χ4n) is 8.54. The number of fused-ring (bicyclic) bond motifs is 6. The lowest BCUT2D eigenvalue weighted by Crippen LogP contribution is -2.16. The molecule has 8 aromatic carbocycles. The van der Waals surface area contributed by atoms with Gasteiger partial charge in [0.25, 0.3) is 0 Å². The van der Waals surface area contributed by atoms with Crippen molar-refractivity contribution in [1.82, 2.24) is 4.57 Å². The van der Waals surface area contributed by atoms with Gasteiger partial charge in [0.2, 0.25) is 0 Å². The Hall–Kier alpha value is -6.64. The van der Waals surface area contributed by atoms with Crippen LogP contribution in [-0.4, -0.2) is 4.57 Å². The first-order valence-corrected chi connectivity index (χ1v) is 18.4. The van der Waals surface area contributed by atoms with Crippen LogP contribution in [-0.2, 0) is 5.41 Å². The molecule has 0 amide bonds. The lowest BCUT2D eigenvalue weighted by Gasteiger charge is -2.28. The Kier molecular flexibility index (Phi) is 7.19. The van der Waals surface area contributed by atoms with Crippen molar-refractivity contribution in [2.75, 3.05) is 4.90 Å². The molecule has 252 valence electrons. The first kappa shape index (κ1) is 31.1. The largest absolute Gasteiger partial charge is 0.310 e. The summed E-state index contributed by atoms with van der Waals surface area (Å²) in [5, 5.41) is 2.49.